The highest BCUT2D eigenvalue weighted by atomic mass is 79.9. The van der Waals surface area contributed by atoms with E-state index < -0.39 is 40.7 Å². The zero-order valence-corrected chi connectivity index (χ0v) is 20.3. The molecule has 0 N–H and O–H groups in total. The van der Waals surface area contributed by atoms with Gasteiger partial charge in [-0.3, -0.25) is 9.59 Å². The fourth-order valence-corrected chi connectivity index (χ4v) is 4.96. The largest absolute Gasteiger partial charge is 0.573 e. The van der Waals surface area contributed by atoms with Crippen LogP contribution in [0, 0.1) is 6.92 Å². The van der Waals surface area contributed by atoms with E-state index >= 15 is 0 Å². The summed E-state index contributed by atoms with van der Waals surface area (Å²) in [6, 6.07) is 1.70. The van der Waals surface area contributed by atoms with Crippen molar-refractivity contribution in [3.05, 3.63) is 36.7 Å². The molecule has 1 aromatic carbocycles. The minimum absolute atomic E-state index is 0.0475. The number of imide groups is 1. The minimum atomic E-state index is -5.01. The average molecular weight is 612 g/mol. The third-order valence-corrected chi connectivity index (χ3v) is 6.01. The molecule has 0 radical (unpaired) electrons. The number of hydrogen-bond acceptors (Lipinski definition) is 5. The first-order valence-corrected chi connectivity index (χ1v) is 11.2. The van der Waals surface area contributed by atoms with E-state index in [-0.39, 0.29) is 26.1 Å². The quantitative estimate of drug-likeness (QED) is 0.323. The number of carbonyl (C=O) groups excluding carboxylic acids is 2. The van der Waals surface area contributed by atoms with Gasteiger partial charge in [0.05, 0.1) is 10.7 Å². The number of unbranched alkanes of at least 4 members (excludes halogenated alkanes) is 1. The van der Waals surface area contributed by atoms with Crippen LogP contribution in [0.25, 0.3) is 0 Å². The monoisotopic (exact) mass is 610 g/mol. The van der Waals surface area contributed by atoms with Crippen LogP contribution in [-0.4, -0.2) is 23.2 Å². The van der Waals surface area contributed by atoms with E-state index in [0.29, 0.717) is 29.1 Å². The molecule has 5 nitrogen and oxygen atoms in total. The molecule has 2 rings (SSSR count). The van der Waals surface area contributed by atoms with Crippen LogP contribution in [0.15, 0.2) is 21.1 Å². The maximum atomic E-state index is 13.4. The van der Waals surface area contributed by atoms with Crippen molar-refractivity contribution in [1.82, 2.24) is 4.98 Å². The Bertz CT molecular complexity index is 1000. The van der Waals surface area contributed by atoms with E-state index in [1.54, 1.807) is 6.92 Å². The molecule has 14 heteroatoms. The predicted octanol–water partition coefficient (Wildman–Crippen LogP) is 7.26. The Morgan fingerprint density at radius 2 is 1.69 bits per heavy atom. The van der Waals surface area contributed by atoms with Crippen LogP contribution < -0.4 is 9.64 Å². The number of aromatic nitrogens is 1. The van der Waals surface area contributed by atoms with Gasteiger partial charge in [-0.2, -0.15) is 13.2 Å². The highest BCUT2D eigenvalue weighted by Crippen LogP contribution is 2.42. The van der Waals surface area contributed by atoms with E-state index in [4.69, 9.17) is 0 Å². The molecule has 0 atom stereocenters. The fourth-order valence-electron chi connectivity index (χ4n) is 2.59. The summed E-state index contributed by atoms with van der Waals surface area (Å²) >= 11 is 6.44. The smallest absolute Gasteiger partial charge is 0.406 e. The van der Waals surface area contributed by atoms with Crippen molar-refractivity contribution in [2.24, 2.45) is 0 Å². The van der Waals surface area contributed by atoms with E-state index in [1.165, 1.54) is 6.92 Å². The van der Waals surface area contributed by atoms with Crippen LogP contribution in [0.5, 0.6) is 5.75 Å². The summed E-state index contributed by atoms with van der Waals surface area (Å²) in [5.41, 5.74) is -1.70. The van der Waals surface area contributed by atoms with Crippen LogP contribution in [0.4, 0.5) is 32.0 Å². The Morgan fingerprint density at radius 1 is 1.12 bits per heavy atom. The first-order valence-electron chi connectivity index (χ1n) is 8.82. The molecule has 0 fully saturated rings. The Hall–Kier alpha value is -1.67. The lowest BCUT2D eigenvalue weighted by Crippen LogP contribution is -2.38. The van der Waals surface area contributed by atoms with E-state index in [1.807, 2.05) is 0 Å². The predicted molar refractivity (Wildman–Crippen MR) is 112 cm³/mol. The fraction of sp³-hybridized carbons (Fsp3) is 0.389. The van der Waals surface area contributed by atoms with Crippen molar-refractivity contribution in [2.75, 3.05) is 4.90 Å². The average Bonchev–Trinajstić information content (AvgIpc) is 3.03. The number of aryl methyl sites for hydroxylation is 1. The molecule has 0 saturated heterocycles. The molecule has 0 unspecified atom stereocenters. The lowest BCUT2D eigenvalue weighted by atomic mass is 10.2. The number of halogens is 8. The van der Waals surface area contributed by atoms with Crippen LogP contribution in [0.1, 0.15) is 46.6 Å². The molecule has 176 valence electrons. The third kappa shape index (κ3) is 6.44. The maximum absolute atomic E-state index is 13.4. The van der Waals surface area contributed by atoms with Gasteiger partial charge >= 0.3 is 12.5 Å². The summed E-state index contributed by atoms with van der Waals surface area (Å²) in [5, 5.41) is -0.0475. The van der Waals surface area contributed by atoms with E-state index in [0.717, 1.165) is 12.1 Å². The highest BCUT2D eigenvalue weighted by molar-refractivity contribution is 9.11. The maximum Gasteiger partial charge on any atom is 0.573 e. The van der Waals surface area contributed by atoms with Crippen LogP contribution in [0.3, 0.4) is 0 Å². The lowest BCUT2D eigenvalue weighted by molar-refractivity contribution is -0.274. The van der Waals surface area contributed by atoms with Gasteiger partial charge in [0.15, 0.2) is 5.69 Å². The molecule has 1 heterocycles. The summed E-state index contributed by atoms with van der Waals surface area (Å²) in [6.07, 6.45) is -9.24. The van der Waals surface area contributed by atoms with Crippen molar-refractivity contribution in [2.45, 2.75) is 45.6 Å². The van der Waals surface area contributed by atoms with Gasteiger partial charge in [0.25, 0.3) is 5.91 Å². The topological polar surface area (TPSA) is 59.5 Å². The first-order chi connectivity index (χ1) is 14.7. The zero-order valence-electron chi connectivity index (χ0n) is 16.3. The summed E-state index contributed by atoms with van der Waals surface area (Å²) in [7, 11) is 0. The van der Waals surface area contributed by atoms with Crippen LogP contribution in [-0.2, 0) is 11.0 Å². The second-order valence-corrected chi connectivity index (χ2v) is 9.24. The van der Waals surface area contributed by atoms with Gasteiger partial charge in [-0.15, -0.1) is 24.5 Å². The second kappa shape index (κ2) is 10.1. The molecule has 0 spiro atoms. The van der Waals surface area contributed by atoms with Gasteiger partial charge in [-0.1, -0.05) is 13.3 Å². The number of nitrogens with zero attached hydrogens (tertiary/aromatic N) is 2. The summed E-state index contributed by atoms with van der Waals surface area (Å²) < 4.78 is 81.4. The van der Waals surface area contributed by atoms with Crippen molar-refractivity contribution in [1.29, 1.82) is 0 Å². The Balaban J connectivity index is 2.64. The molecule has 0 saturated carbocycles. The Morgan fingerprint density at radius 3 is 2.16 bits per heavy atom. The zero-order chi connectivity index (χ0) is 24.4. The number of rotatable bonds is 6. The van der Waals surface area contributed by atoms with E-state index in [2.05, 4.69) is 41.6 Å². The molecular weight excluding hydrogens is 598 g/mol. The molecule has 32 heavy (non-hydrogen) atoms. The molecule has 0 aliphatic rings. The third-order valence-electron chi connectivity index (χ3n) is 3.84. The number of anilines is 1. The van der Waals surface area contributed by atoms with Crippen molar-refractivity contribution in [3.8, 4) is 5.75 Å². The summed E-state index contributed by atoms with van der Waals surface area (Å²) in [4.78, 5) is 29.1. The molecule has 2 amide bonds. The van der Waals surface area contributed by atoms with Crippen LogP contribution in [0.2, 0.25) is 0 Å². The molecular formula is C18H14Br2F6N2O3S. The van der Waals surface area contributed by atoms with Crippen molar-refractivity contribution in [3.63, 3.8) is 0 Å². The van der Waals surface area contributed by atoms with Gasteiger partial charge in [0.2, 0.25) is 5.91 Å². The Labute approximate surface area is 199 Å². The number of carbonyl (C=O) groups is 2. The molecule has 0 aliphatic heterocycles. The van der Waals surface area contributed by atoms with Gasteiger partial charge in [0.1, 0.15) is 10.6 Å². The number of thiazole rings is 1. The number of alkyl halides is 6. The lowest BCUT2D eigenvalue weighted by Gasteiger charge is -2.24. The number of benzene rings is 1. The number of hydrogen-bond donors (Lipinski definition) is 0. The molecule has 0 aliphatic carbocycles. The van der Waals surface area contributed by atoms with Gasteiger partial charge in [-0.05, 0) is 57.3 Å². The highest BCUT2D eigenvalue weighted by Gasteiger charge is 2.42. The van der Waals surface area contributed by atoms with Crippen molar-refractivity contribution >= 4 is 60.7 Å². The minimum Gasteiger partial charge on any atom is -0.406 e. The van der Waals surface area contributed by atoms with E-state index in [9.17, 15) is 35.9 Å². The Kier molecular flexibility index (Phi) is 8.37. The number of ether oxygens (including phenoxy) is 1. The van der Waals surface area contributed by atoms with Gasteiger partial charge < -0.3 is 4.74 Å². The van der Waals surface area contributed by atoms with Gasteiger partial charge in [0, 0.05) is 15.4 Å². The first kappa shape index (κ1) is 26.6. The summed E-state index contributed by atoms with van der Waals surface area (Å²) in [6.45, 7) is 3.04. The van der Waals surface area contributed by atoms with Crippen molar-refractivity contribution < 1.29 is 40.7 Å². The normalized spacial score (nSPS) is 12.1. The standard InChI is InChI=1S/C18H14Br2F6N2O3S/c1-3-4-5-12(29)28(16(30)14-15(17(21,22)23)27-8(2)32-14)13-10(19)6-9(7-11(13)20)31-18(24,25)26/h6-7H,3-5H2,1-2H3. The number of amides is 2. The van der Waals surface area contributed by atoms with Gasteiger partial charge in [-0.25, -0.2) is 9.88 Å². The summed E-state index contributed by atoms with van der Waals surface area (Å²) in [5.74, 6) is -2.80. The molecule has 2 aromatic rings. The molecule has 1 aromatic heterocycles. The van der Waals surface area contributed by atoms with Crippen LogP contribution >= 0.6 is 43.2 Å². The molecule has 0 bridgehead atoms. The SMILES string of the molecule is CCCCC(=O)N(C(=O)c1sc(C)nc1C(F)(F)F)c1c(Br)cc(OC(F)(F)F)cc1Br. The second-order valence-electron chi connectivity index (χ2n) is 6.33.